The lowest BCUT2D eigenvalue weighted by molar-refractivity contribution is -0.307. The molecule has 0 saturated heterocycles. The molecule has 0 aliphatic rings. The molecular weight excluding hydrogens is 190 g/mol. The van der Waals surface area contributed by atoms with E-state index in [-0.39, 0.29) is 6.42 Å². The number of carbonyl (C=O) groups is 1. The molecule has 1 aromatic carbocycles. The Balaban J connectivity index is 2.64. The average molecular weight is 199 g/mol. The van der Waals surface area contributed by atoms with E-state index in [2.05, 4.69) is 0 Å². The summed E-state index contributed by atoms with van der Waals surface area (Å²) in [6.45, 7) is 0. The molecule has 70 valence electrons. The number of hydrogen-bond acceptors (Lipinski definition) is 3. The van der Waals surface area contributed by atoms with Crippen molar-refractivity contribution in [3.8, 4) is 0 Å². The van der Waals surface area contributed by atoms with Crippen LogP contribution in [0.25, 0.3) is 0 Å². The number of nitrogens with two attached hydrogens (primary N) is 1. The number of benzene rings is 1. The topological polar surface area (TPSA) is 66.2 Å². The van der Waals surface area contributed by atoms with Crippen LogP contribution in [0.1, 0.15) is 5.56 Å². The first-order chi connectivity index (χ1) is 6.09. The van der Waals surface area contributed by atoms with Crippen molar-refractivity contribution in [2.45, 2.75) is 12.5 Å². The molecule has 4 heteroatoms. The van der Waals surface area contributed by atoms with Crippen molar-refractivity contribution in [1.82, 2.24) is 0 Å². The molecule has 1 rings (SSSR count). The zero-order valence-corrected chi connectivity index (χ0v) is 7.62. The van der Waals surface area contributed by atoms with Gasteiger partial charge < -0.3 is 15.6 Å². The molecule has 0 spiro atoms. The first kappa shape index (κ1) is 10.0. The summed E-state index contributed by atoms with van der Waals surface area (Å²) in [6.07, 6.45) is 0.263. The molecule has 0 radical (unpaired) electrons. The maximum Gasteiger partial charge on any atom is 0.0585 e. The number of rotatable bonds is 3. The van der Waals surface area contributed by atoms with Gasteiger partial charge in [0.25, 0.3) is 0 Å². The Kier molecular flexibility index (Phi) is 3.28. The predicted molar refractivity (Wildman–Crippen MR) is 48.1 cm³/mol. The van der Waals surface area contributed by atoms with E-state index in [0.29, 0.717) is 5.02 Å². The lowest BCUT2D eigenvalue weighted by Crippen LogP contribution is -2.43. The summed E-state index contributed by atoms with van der Waals surface area (Å²) in [4.78, 5) is 10.3. The number of carboxylic acid groups (broad SMARTS) is 1. The smallest absolute Gasteiger partial charge is 0.0585 e. The lowest BCUT2D eigenvalue weighted by Gasteiger charge is -2.11. The fourth-order valence-corrected chi connectivity index (χ4v) is 1.08. The van der Waals surface area contributed by atoms with Gasteiger partial charge in [0, 0.05) is 11.1 Å². The van der Waals surface area contributed by atoms with Crippen LogP contribution in [0.2, 0.25) is 5.02 Å². The van der Waals surface area contributed by atoms with Crippen LogP contribution in [0.5, 0.6) is 0 Å². The molecule has 0 saturated carbocycles. The predicted octanol–water partition coefficient (Wildman–Crippen LogP) is -0.0403. The van der Waals surface area contributed by atoms with Gasteiger partial charge in [-0.05, 0) is 24.1 Å². The Bertz CT molecular complexity index is 297. The summed E-state index contributed by atoms with van der Waals surface area (Å²) in [6, 6.07) is 5.91. The molecule has 0 bridgehead atoms. The molecule has 0 heterocycles. The fourth-order valence-electron chi connectivity index (χ4n) is 0.958. The van der Waals surface area contributed by atoms with Gasteiger partial charge in [-0.3, -0.25) is 0 Å². The summed E-state index contributed by atoms with van der Waals surface area (Å²) in [7, 11) is 0. The SMILES string of the molecule is N[C@@H](Cc1ccc(Cl)cc1)C(=O)[O-]. The van der Waals surface area contributed by atoms with Gasteiger partial charge in [0.2, 0.25) is 0 Å². The first-order valence-corrected chi connectivity index (χ1v) is 4.18. The van der Waals surface area contributed by atoms with Crippen LogP contribution in [-0.2, 0) is 11.2 Å². The van der Waals surface area contributed by atoms with Crippen LogP contribution in [0.15, 0.2) is 24.3 Å². The summed E-state index contributed by atoms with van der Waals surface area (Å²) < 4.78 is 0. The highest BCUT2D eigenvalue weighted by Crippen LogP contribution is 2.10. The Hall–Kier alpha value is -1.06. The minimum atomic E-state index is -1.24. The Labute approximate surface area is 81.1 Å². The highest BCUT2D eigenvalue weighted by atomic mass is 35.5. The molecule has 3 nitrogen and oxygen atoms in total. The van der Waals surface area contributed by atoms with Crippen molar-refractivity contribution in [2.75, 3.05) is 0 Å². The van der Waals surface area contributed by atoms with Crippen molar-refractivity contribution in [3.05, 3.63) is 34.9 Å². The van der Waals surface area contributed by atoms with Crippen LogP contribution in [0.4, 0.5) is 0 Å². The third-order valence-corrected chi connectivity index (χ3v) is 1.92. The number of carboxylic acids is 1. The van der Waals surface area contributed by atoms with E-state index in [4.69, 9.17) is 17.3 Å². The van der Waals surface area contributed by atoms with Gasteiger partial charge in [0.15, 0.2) is 0 Å². The monoisotopic (exact) mass is 198 g/mol. The Morgan fingerprint density at radius 2 is 2.00 bits per heavy atom. The summed E-state index contributed by atoms with van der Waals surface area (Å²) >= 11 is 5.65. The van der Waals surface area contributed by atoms with E-state index >= 15 is 0 Å². The standard InChI is InChI=1S/C9H10ClNO2/c10-7-3-1-6(2-4-7)5-8(11)9(12)13/h1-4,8H,5,11H2,(H,12,13)/p-1/t8-/m0/s1. The second-order valence-corrected chi connectivity index (χ2v) is 3.19. The van der Waals surface area contributed by atoms with Gasteiger partial charge in [-0.15, -0.1) is 0 Å². The van der Waals surface area contributed by atoms with Gasteiger partial charge in [-0.1, -0.05) is 23.7 Å². The second-order valence-electron chi connectivity index (χ2n) is 2.76. The Morgan fingerprint density at radius 1 is 1.46 bits per heavy atom. The summed E-state index contributed by atoms with van der Waals surface area (Å²) in [5.41, 5.74) is 6.13. The number of carbonyl (C=O) groups excluding carboxylic acids is 1. The van der Waals surface area contributed by atoms with Gasteiger partial charge in [-0.2, -0.15) is 0 Å². The van der Waals surface area contributed by atoms with Gasteiger partial charge >= 0.3 is 0 Å². The van der Waals surface area contributed by atoms with Crippen LogP contribution < -0.4 is 10.8 Å². The summed E-state index contributed by atoms with van der Waals surface area (Å²) in [5, 5.41) is 10.9. The molecule has 2 N–H and O–H groups in total. The number of aliphatic carboxylic acids is 1. The third kappa shape index (κ3) is 3.05. The Morgan fingerprint density at radius 3 is 2.46 bits per heavy atom. The van der Waals surface area contributed by atoms with Crippen molar-refractivity contribution >= 4 is 17.6 Å². The van der Waals surface area contributed by atoms with E-state index in [0.717, 1.165) is 5.56 Å². The van der Waals surface area contributed by atoms with Crippen LogP contribution >= 0.6 is 11.6 Å². The van der Waals surface area contributed by atoms with Crippen LogP contribution in [0, 0.1) is 0 Å². The van der Waals surface area contributed by atoms with Crippen molar-refractivity contribution in [1.29, 1.82) is 0 Å². The second kappa shape index (κ2) is 4.25. The first-order valence-electron chi connectivity index (χ1n) is 3.80. The van der Waals surface area contributed by atoms with Crippen molar-refractivity contribution in [2.24, 2.45) is 5.73 Å². The zero-order valence-electron chi connectivity index (χ0n) is 6.87. The number of hydrogen-bond donors (Lipinski definition) is 1. The minimum Gasteiger partial charge on any atom is -0.548 e. The molecule has 0 fully saturated rings. The molecule has 0 aliphatic heterocycles. The maximum absolute atomic E-state index is 10.3. The van der Waals surface area contributed by atoms with E-state index < -0.39 is 12.0 Å². The molecule has 0 amide bonds. The normalized spacial score (nSPS) is 12.5. The molecular formula is C9H9ClNO2-. The van der Waals surface area contributed by atoms with Crippen LogP contribution in [-0.4, -0.2) is 12.0 Å². The molecule has 1 atom stereocenters. The number of halogens is 1. The highest BCUT2D eigenvalue weighted by molar-refractivity contribution is 6.30. The van der Waals surface area contributed by atoms with Gasteiger partial charge in [-0.25, -0.2) is 0 Å². The van der Waals surface area contributed by atoms with Crippen LogP contribution in [0.3, 0.4) is 0 Å². The minimum absolute atomic E-state index is 0.263. The zero-order chi connectivity index (χ0) is 9.84. The van der Waals surface area contributed by atoms with E-state index in [9.17, 15) is 9.90 Å². The third-order valence-electron chi connectivity index (χ3n) is 1.67. The van der Waals surface area contributed by atoms with E-state index in [1.165, 1.54) is 0 Å². The molecule has 13 heavy (non-hydrogen) atoms. The van der Waals surface area contributed by atoms with Crippen molar-refractivity contribution < 1.29 is 9.90 Å². The quantitative estimate of drug-likeness (QED) is 0.741. The van der Waals surface area contributed by atoms with E-state index in [1.807, 2.05) is 0 Å². The molecule has 0 unspecified atom stereocenters. The van der Waals surface area contributed by atoms with Gasteiger partial charge in [0.1, 0.15) is 0 Å². The van der Waals surface area contributed by atoms with Crippen molar-refractivity contribution in [3.63, 3.8) is 0 Å². The highest BCUT2D eigenvalue weighted by Gasteiger charge is 2.03. The largest absolute Gasteiger partial charge is 0.548 e. The average Bonchev–Trinajstić information content (AvgIpc) is 2.08. The lowest BCUT2D eigenvalue weighted by atomic mass is 10.1. The van der Waals surface area contributed by atoms with Gasteiger partial charge in [0.05, 0.1) is 5.97 Å². The maximum atomic E-state index is 10.3. The fraction of sp³-hybridized carbons (Fsp3) is 0.222. The summed E-state index contributed by atoms with van der Waals surface area (Å²) in [5.74, 6) is -1.24. The molecule has 0 aromatic heterocycles. The molecule has 0 aliphatic carbocycles. The van der Waals surface area contributed by atoms with E-state index in [1.54, 1.807) is 24.3 Å². The molecule has 1 aromatic rings.